The zero-order valence-corrected chi connectivity index (χ0v) is 14.4. The maximum absolute atomic E-state index is 4.60. The quantitative estimate of drug-likeness (QED) is 0.739. The molecule has 4 heteroatoms. The molecule has 0 spiro atoms. The lowest BCUT2D eigenvalue weighted by atomic mass is 9.96. The molecule has 2 rings (SSSR count). The molecule has 0 saturated heterocycles. The van der Waals surface area contributed by atoms with Crippen molar-refractivity contribution in [1.29, 1.82) is 0 Å². The van der Waals surface area contributed by atoms with Crippen LogP contribution in [0.4, 0.5) is 0 Å². The van der Waals surface area contributed by atoms with Gasteiger partial charge in [-0.2, -0.15) is 0 Å². The van der Waals surface area contributed by atoms with E-state index in [-0.39, 0.29) is 0 Å². The molecular formula is C16H21BrN2S. The van der Waals surface area contributed by atoms with E-state index in [1.807, 2.05) is 0 Å². The van der Waals surface area contributed by atoms with E-state index in [0.717, 1.165) is 29.7 Å². The highest BCUT2D eigenvalue weighted by molar-refractivity contribution is 9.10. The number of halogens is 1. The fourth-order valence-corrected chi connectivity index (χ4v) is 3.32. The minimum absolute atomic E-state index is 0.486. The summed E-state index contributed by atoms with van der Waals surface area (Å²) in [7, 11) is 0. The van der Waals surface area contributed by atoms with Gasteiger partial charge in [0, 0.05) is 34.4 Å². The average Bonchev–Trinajstić information content (AvgIpc) is 2.84. The molecule has 1 unspecified atom stereocenters. The molecule has 1 N–H and O–H groups in total. The summed E-state index contributed by atoms with van der Waals surface area (Å²) in [5.74, 6) is 0.486. The summed E-state index contributed by atoms with van der Waals surface area (Å²) >= 11 is 5.27. The van der Waals surface area contributed by atoms with E-state index < -0.39 is 0 Å². The molecule has 0 amide bonds. The van der Waals surface area contributed by atoms with Crippen LogP contribution >= 0.6 is 27.3 Å². The molecule has 2 nitrogen and oxygen atoms in total. The van der Waals surface area contributed by atoms with Gasteiger partial charge in [0.15, 0.2) is 0 Å². The molecule has 1 aromatic carbocycles. The van der Waals surface area contributed by atoms with Crippen LogP contribution in [0.15, 0.2) is 34.1 Å². The Bertz CT molecular complexity index is 522. The highest BCUT2D eigenvalue weighted by atomic mass is 79.9. The van der Waals surface area contributed by atoms with Crippen LogP contribution < -0.4 is 5.32 Å². The largest absolute Gasteiger partial charge is 0.316 e. The minimum atomic E-state index is 0.486. The van der Waals surface area contributed by atoms with Crippen LogP contribution in [0.2, 0.25) is 0 Å². The molecule has 108 valence electrons. The minimum Gasteiger partial charge on any atom is -0.316 e. The SMILES string of the molecule is CCCNCC(Cc1nc(C)cs1)c1ccc(Br)cc1. The monoisotopic (exact) mass is 352 g/mol. The Morgan fingerprint density at radius 1 is 1.30 bits per heavy atom. The van der Waals surface area contributed by atoms with E-state index in [1.54, 1.807) is 11.3 Å². The van der Waals surface area contributed by atoms with Gasteiger partial charge >= 0.3 is 0 Å². The number of nitrogens with zero attached hydrogens (tertiary/aromatic N) is 1. The van der Waals surface area contributed by atoms with Gasteiger partial charge in [0.25, 0.3) is 0 Å². The lowest BCUT2D eigenvalue weighted by Crippen LogP contribution is -2.23. The first-order chi connectivity index (χ1) is 9.69. The van der Waals surface area contributed by atoms with Crippen LogP contribution in [-0.4, -0.2) is 18.1 Å². The van der Waals surface area contributed by atoms with Crippen molar-refractivity contribution in [1.82, 2.24) is 10.3 Å². The summed E-state index contributed by atoms with van der Waals surface area (Å²) in [4.78, 5) is 4.60. The van der Waals surface area contributed by atoms with Gasteiger partial charge in [-0.1, -0.05) is 35.0 Å². The summed E-state index contributed by atoms with van der Waals surface area (Å²) in [5, 5.41) is 6.90. The molecule has 0 aliphatic heterocycles. The standard InChI is InChI=1S/C16H21BrN2S/c1-3-8-18-10-14(9-16-19-12(2)11-20-16)13-4-6-15(17)7-5-13/h4-7,11,14,18H,3,8-10H2,1-2H3. The van der Waals surface area contributed by atoms with Gasteiger partial charge in [0.05, 0.1) is 5.01 Å². The number of thiazole rings is 1. The number of aromatic nitrogens is 1. The van der Waals surface area contributed by atoms with Crippen LogP contribution in [0, 0.1) is 6.92 Å². The van der Waals surface area contributed by atoms with Crippen LogP contribution in [0.1, 0.15) is 35.5 Å². The molecule has 0 aliphatic rings. The van der Waals surface area contributed by atoms with E-state index in [4.69, 9.17) is 0 Å². The Morgan fingerprint density at radius 3 is 2.65 bits per heavy atom. The molecular weight excluding hydrogens is 332 g/mol. The third-order valence-corrected chi connectivity index (χ3v) is 4.76. The molecule has 1 aromatic heterocycles. The van der Waals surface area contributed by atoms with E-state index in [2.05, 4.69) is 69.7 Å². The molecule has 0 bridgehead atoms. The summed E-state index contributed by atoms with van der Waals surface area (Å²) in [6, 6.07) is 8.66. The average molecular weight is 353 g/mol. The van der Waals surface area contributed by atoms with Gasteiger partial charge in [0.1, 0.15) is 0 Å². The van der Waals surface area contributed by atoms with Crippen molar-refractivity contribution in [3.8, 4) is 0 Å². The molecule has 0 radical (unpaired) electrons. The van der Waals surface area contributed by atoms with Gasteiger partial charge in [-0.05, 0) is 37.6 Å². The number of rotatable bonds is 7. The molecule has 0 aliphatic carbocycles. The summed E-state index contributed by atoms with van der Waals surface area (Å²) in [5.41, 5.74) is 2.51. The number of hydrogen-bond acceptors (Lipinski definition) is 3. The van der Waals surface area contributed by atoms with E-state index in [0.29, 0.717) is 5.92 Å². The molecule has 20 heavy (non-hydrogen) atoms. The maximum Gasteiger partial charge on any atom is 0.0934 e. The summed E-state index contributed by atoms with van der Waals surface area (Å²) < 4.78 is 1.13. The summed E-state index contributed by atoms with van der Waals surface area (Å²) in [6.45, 7) is 6.34. The van der Waals surface area contributed by atoms with Crippen LogP contribution in [0.25, 0.3) is 0 Å². The number of benzene rings is 1. The Balaban J connectivity index is 2.09. The highest BCUT2D eigenvalue weighted by Crippen LogP contribution is 2.24. The molecule has 0 saturated carbocycles. The van der Waals surface area contributed by atoms with Crippen molar-refractivity contribution in [2.45, 2.75) is 32.6 Å². The first-order valence-corrected chi connectivity index (χ1v) is 8.73. The van der Waals surface area contributed by atoms with Crippen LogP contribution in [0.5, 0.6) is 0 Å². The van der Waals surface area contributed by atoms with Gasteiger partial charge in [-0.15, -0.1) is 11.3 Å². The second-order valence-electron chi connectivity index (χ2n) is 5.04. The lowest BCUT2D eigenvalue weighted by molar-refractivity contribution is 0.575. The van der Waals surface area contributed by atoms with Crippen molar-refractivity contribution in [2.24, 2.45) is 0 Å². The fourth-order valence-electron chi connectivity index (χ4n) is 2.20. The van der Waals surface area contributed by atoms with E-state index in [1.165, 1.54) is 17.0 Å². The van der Waals surface area contributed by atoms with Crippen molar-refractivity contribution in [3.05, 3.63) is 50.4 Å². The second-order valence-corrected chi connectivity index (χ2v) is 6.90. The Morgan fingerprint density at radius 2 is 2.05 bits per heavy atom. The van der Waals surface area contributed by atoms with Gasteiger partial charge in [0.2, 0.25) is 0 Å². The van der Waals surface area contributed by atoms with E-state index >= 15 is 0 Å². The Kier molecular flexibility index (Phi) is 6.20. The third kappa shape index (κ3) is 4.69. The van der Waals surface area contributed by atoms with Gasteiger partial charge in [-0.3, -0.25) is 0 Å². The number of hydrogen-bond donors (Lipinski definition) is 1. The molecule has 0 fully saturated rings. The molecule has 1 atom stereocenters. The van der Waals surface area contributed by atoms with Crippen LogP contribution in [-0.2, 0) is 6.42 Å². The topological polar surface area (TPSA) is 24.9 Å². The highest BCUT2D eigenvalue weighted by Gasteiger charge is 2.14. The smallest absolute Gasteiger partial charge is 0.0934 e. The van der Waals surface area contributed by atoms with Crippen molar-refractivity contribution < 1.29 is 0 Å². The molecule has 1 heterocycles. The predicted molar refractivity (Wildman–Crippen MR) is 90.6 cm³/mol. The van der Waals surface area contributed by atoms with Gasteiger partial charge < -0.3 is 5.32 Å². The van der Waals surface area contributed by atoms with Crippen molar-refractivity contribution in [2.75, 3.05) is 13.1 Å². The van der Waals surface area contributed by atoms with Crippen LogP contribution in [0.3, 0.4) is 0 Å². The van der Waals surface area contributed by atoms with Crippen molar-refractivity contribution in [3.63, 3.8) is 0 Å². The zero-order chi connectivity index (χ0) is 14.4. The molecule has 2 aromatic rings. The number of aryl methyl sites for hydroxylation is 1. The van der Waals surface area contributed by atoms with E-state index in [9.17, 15) is 0 Å². The zero-order valence-electron chi connectivity index (χ0n) is 12.0. The number of nitrogens with one attached hydrogen (secondary N) is 1. The van der Waals surface area contributed by atoms with Crippen molar-refractivity contribution >= 4 is 27.3 Å². The Labute approximate surface area is 133 Å². The predicted octanol–water partition coefficient (Wildman–Crippen LogP) is 4.54. The normalized spacial score (nSPS) is 12.6. The first-order valence-electron chi connectivity index (χ1n) is 7.06. The Hall–Kier alpha value is -0.710. The lowest BCUT2D eigenvalue weighted by Gasteiger charge is -2.17. The summed E-state index contributed by atoms with van der Waals surface area (Å²) in [6.07, 6.45) is 2.18. The first kappa shape index (κ1) is 15.7. The maximum atomic E-state index is 4.60. The second kappa shape index (κ2) is 7.91. The third-order valence-electron chi connectivity index (χ3n) is 3.25. The van der Waals surface area contributed by atoms with Gasteiger partial charge in [-0.25, -0.2) is 4.98 Å². The fraction of sp³-hybridized carbons (Fsp3) is 0.438.